The average molecular weight is 568 g/mol. The molecule has 0 rings (SSSR count). The summed E-state index contributed by atoms with van der Waals surface area (Å²) in [5.74, 6) is 0. The minimum Gasteiger partial charge on any atom is -1.00 e. The third-order valence-electron chi connectivity index (χ3n) is 0.601. The summed E-state index contributed by atoms with van der Waals surface area (Å²) >= 11 is -18.0. The van der Waals surface area contributed by atoms with Gasteiger partial charge in [0, 0.05) is 0 Å². The summed E-state index contributed by atoms with van der Waals surface area (Å²) in [6.07, 6.45) is 0. The molecule has 6 nitrogen and oxygen atoms in total. The molecule has 0 atom stereocenters. The second-order valence-corrected chi connectivity index (χ2v) is 11.2. The van der Waals surface area contributed by atoms with Gasteiger partial charge in [-0.2, -0.15) is 25.6 Å². The van der Waals surface area contributed by atoms with Crippen molar-refractivity contribution >= 4 is 49.8 Å². The van der Waals surface area contributed by atoms with Crippen LogP contribution in [0.1, 0.15) is 2.85 Å². The summed E-state index contributed by atoms with van der Waals surface area (Å²) < 4.78 is 170. The maximum Gasteiger partial charge on any atom is 1.00 e. The van der Waals surface area contributed by atoms with Crippen LogP contribution in [0.3, 0.4) is 0 Å². The number of alkyl halides is 2. The second kappa shape index (κ2) is 9.67. The van der Waals surface area contributed by atoms with Gasteiger partial charge in [-0.15, -0.1) is 0 Å². The second-order valence-electron chi connectivity index (χ2n) is 2.69. The van der Waals surface area contributed by atoms with E-state index in [1.54, 1.807) is 0 Å². The van der Waals surface area contributed by atoms with E-state index in [1.165, 1.54) is 0 Å². The predicted octanol–water partition coefficient (Wildman–Crippen LogP) is -3.01. The van der Waals surface area contributed by atoms with Crippen LogP contribution in [0.5, 0.6) is 0 Å². The van der Waals surface area contributed by atoms with Crippen LogP contribution in [0.4, 0.5) is 43.4 Å². The Balaban J connectivity index is -0.0000000440. The van der Waals surface area contributed by atoms with Gasteiger partial charge in [-0.3, -0.25) is 9.11 Å². The summed E-state index contributed by atoms with van der Waals surface area (Å²) in [5.41, 5.74) is 0. The first-order valence-electron chi connectivity index (χ1n) is 3.51. The molecular formula is CH4As2F12Li2O6S2. The Labute approximate surface area is 163 Å². The molecule has 0 spiro atoms. The van der Waals surface area contributed by atoms with Crippen molar-refractivity contribution in [1.82, 2.24) is 0 Å². The van der Waals surface area contributed by atoms with Crippen LogP contribution in [0.15, 0.2) is 0 Å². The van der Waals surface area contributed by atoms with Gasteiger partial charge in [-0.1, -0.05) is 0 Å². The molecule has 0 aromatic heterocycles. The summed E-state index contributed by atoms with van der Waals surface area (Å²) in [6, 6.07) is 0. The molecule has 0 saturated carbocycles. The van der Waals surface area contributed by atoms with E-state index >= 15 is 0 Å². The number of rotatable bonds is 2. The summed E-state index contributed by atoms with van der Waals surface area (Å²) in [5, 5.41) is 0. The maximum absolute atomic E-state index is 11.8. The van der Waals surface area contributed by atoms with Gasteiger partial charge < -0.3 is 2.85 Å². The van der Waals surface area contributed by atoms with Gasteiger partial charge in [0.1, 0.15) is 0 Å². The van der Waals surface area contributed by atoms with Crippen LogP contribution in [-0.4, -0.2) is 60.1 Å². The van der Waals surface area contributed by atoms with Crippen molar-refractivity contribution in [3.05, 3.63) is 0 Å². The van der Waals surface area contributed by atoms with Crippen molar-refractivity contribution in [3.63, 3.8) is 0 Å². The minimum absolute atomic E-state index is 0. The largest absolute Gasteiger partial charge is 1.00 e. The molecule has 152 valence electrons. The summed E-state index contributed by atoms with van der Waals surface area (Å²) in [4.78, 5) is 0. The quantitative estimate of drug-likeness (QED) is 0.209. The molecule has 0 amide bonds. The van der Waals surface area contributed by atoms with Crippen LogP contribution in [0.2, 0.25) is 0 Å². The molecule has 0 aromatic carbocycles. The fraction of sp³-hybridized carbons (Fsp3) is 1.00. The molecule has 0 saturated heterocycles. The first-order chi connectivity index (χ1) is 8.97. The Bertz CT molecular complexity index is 536. The predicted molar refractivity (Wildman–Crippen MR) is 52.9 cm³/mol. The van der Waals surface area contributed by atoms with E-state index < -0.39 is 54.4 Å². The number of hydrogen-bond acceptors (Lipinski definition) is 4. The molecule has 0 unspecified atom stereocenters. The Morgan fingerprint density at radius 3 is 0.680 bits per heavy atom. The van der Waals surface area contributed by atoms with Crippen LogP contribution < -0.4 is 37.7 Å². The van der Waals surface area contributed by atoms with Crippen molar-refractivity contribution in [1.29, 1.82) is 0 Å². The topological polar surface area (TPSA) is 109 Å². The van der Waals surface area contributed by atoms with Gasteiger partial charge in [0.25, 0.3) is 0 Å². The molecule has 24 heteroatoms. The molecule has 0 aliphatic rings. The van der Waals surface area contributed by atoms with Gasteiger partial charge in [0.05, 0.1) is 0 Å². The molecule has 0 heterocycles. The zero-order chi connectivity index (χ0) is 20.4. The van der Waals surface area contributed by atoms with Gasteiger partial charge >= 0.3 is 127 Å². The normalized spacial score (nSPS) is 15.8. The fourth-order valence-electron chi connectivity index (χ4n) is 0.133. The van der Waals surface area contributed by atoms with E-state index in [9.17, 15) is 60.3 Å². The van der Waals surface area contributed by atoms with Crippen LogP contribution >= 0.6 is 0 Å². The fourth-order valence-corrected chi connectivity index (χ4v) is 1.20. The average Bonchev–Trinajstić information content (AvgIpc) is 1.87. The smallest absolute Gasteiger partial charge is 1.00 e. The molecule has 0 radical (unpaired) electrons. The molecule has 0 aliphatic carbocycles. The van der Waals surface area contributed by atoms with Crippen molar-refractivity contribution in [2.75, 3.05) is 0 Å². The Morgan fingerprint density at radius 2 is 0.680 bits per heavy atom. The van der Waals surface area contributed by atoms with E-state index in [1.807, 2.05) is 0 Å². The van der Waals surface area contributed by atoms with Gasteiger partial charge in [0.15, 0.2) is 0 Å². The number of hydrogen-bond donors (Lipinski definition) is 2. The maximum atomic E-state index is 11.8. The van der Waals surface area contributed by atoms with E-state index in [4.69, 9.17) is 9.11 Å². The molecule has 2 N–H and O–H groups in total. The third kappa shape index (κ3) is 36.9. The van der Waals surface area contributed by atoms with Crippen molar-refractivity contribution < 1.29 is 110 Å². The SMILES string of the molecule is F[As](F)(F)(F)F.F[As](F)(F)(F)F.O=S(=O)(O)C(F)(F)S(=O)(=O)O.[H-].[H-].[Li+].[Li+]. The summed E-state index contributed by atoms with van der Waals surface area (Å²) in [7, 11) is -12.3. The van der Waals surface area contributed by atoms with E-state index in [0.717, 1.165) is 0 Å². The van der Waals surface area contributed by atoms with Gasteiger partial charge in [-0.05, 0) is 0 Å². The molecule has 25 heavy (non-hydrogen) atoms. The first kappa shape index (κ1) is 37.1. The van der Waals surface area contributed by atoms with Crippen molar-refractivity contribution in [3.8, 4) is 0 Å². The number of halogens is 12. The minimum atomic E-state index is -8.99. The van der Waals surface area contributed by atoms with Crippen molar-refractivity contribution in [2.45, 2.75) is 4.59 Å². The van der Waals surface area contributed by atoms with E-state index in [2.05, 4.69) is 0 Å². The van der Waals surface area contributed by atoms with E-state index in [0.29, 0.717) is 0 Å². The third-order valence-corrected chi connectivity index (χ3v) is 3.07. The van der Waals surface area contributed by atoms with Crippen molar-refractivity contribution in [2.24, 2.45) is 0 Å². The molecule has 0 aromatic rings. The van der Waals surface area contributed by atoms with Crippen LogP contribution in [0.25, 0.3) is 0 Å². The molecular weight excluding hydrogens is 564 g/mol. The van der Waals surface area contributed by atoms with Gasteiger partial charge in [0.2, 0.25) is 0 Å². The Morgan fingerprint density at radius 1 is 0.600 bits per heavy atom. The first-order valence-corrected chi connectivity index (χ1v) is 13.5. The van der Waals surface area contributed by atoms with Crippen LogP contribution in [0, 0.1) is 0 Å². The zero-order valence-electron chi connectivity index (χ0n) is 13.3. The Hall–Kier alpha value is 1.29. The summed E-state index contributed by atoms with van der Waals surface area (Å²) in [6.45, 7) is 0. The zero-order valence-corrected chi connectivity index (χ0v) is 16.7. The van der Waals surface area contributed by atoms with Crippen LogP contribution in [-0.2, 0) is 20.2 Å². The van der Waals surface area contributed by atoms with Gasteiger partial charge in [-0.25, -0.2) is 0 Å². The Kier molecular flexibility index (Phi) is 14.3. The molecule has 0 aliphatic heterocycles. The monoisotopic (exact) mass is 568 g/mol. The van der Waals surface area contributed by atoms with E-state index in [-0.39, 0.29) is 40.6 Å². The standard InChI is InChI=1S/CH2F2O6S2.2AsF5.2Li.2H/c2-1(3,10(4,5)6)11(7,8)9;2*2-1(3,4,5)6;;;;/h(H,4,5,6)(H,7,8,9);;;;;;/q;;;2*+1;2*-1. The molecule has 0 bridgehead atoms. The molecule has 0 fully saturated rings.